The third-order valence-corrected chi connectivity index (χ3v) is 3.94. The van der Waals surface area contributed by atoms with Crippen molar-refractivity contribution in [2.45, 2.75) is 0 Å². The predicted molar refractivity (Wildman–Crippen MR) is 97.0 cm³/mol. The molecule has 4 aromatic rings. The van der Waals surface area contributed by atoms with E-state index in [0.29, 0.717) is 17.4 Å². The van der Waals surface area contributed by atoms with Crippen LogP contribution >= 0.6 is 0 Å². The standard InChI is InChI=1S/C20H13F2N3O/c21-13-11-16-18(17(22)12-13)24-20(23-14-7-3-1-4-8-14)25(19(16)26)15-9-5-2-6-10-15/h1-12H,(H,23,24). The van der Waals surface area contributed by atoms with Crippen molar-refractivity contribution < 1.29 is 8.78 Å². The molecule has 0 saturated carbocycles. The molecule has 3 aromatic carbocycles. The zero-order chi connectivity index (χ0) is 18.1. The number of anilines is 2. The van der Waals surface area contributed by atoms with E-state index in [1.807, 2.05) is 24.3 Å². The number of benzene rings is 3. The number of halogens is 2. The number of para-hydroxylation sites is 2. The molecule has 0 atom stereocenters. The maximum Gasteiger partial charge on any atom is 0.267 e. The maximum absolute atomic E-state index is 14.2. The summed E-state index contributed by atoms with van der Waals surface area (Å²) in [5.41, 5.74) is 0.487. The highest BCUT2D eigenvalue weighted by atomic mass is 19.1. The summed E-state index contributed by atoms with van der Waals surface area (Å²) >= 11 is 0. The number of hydrogen-bond donors (Lipinski definition) is 1. The van der Waals surface area contributed by atoms with Gasteiger partial charge in [-0.25, -0.2) is 18.3 Å². The lowest BCUT2D eigenvalue weighted by atomic mass is 10.2. The molecule has 128 valence electrons. The Bertz CT molecular complexity index is 1140. The molecule has 0 aliphatic rings. The highest BCUT2D eigenvalue weighted by Crippen LogP contribution is 2.22. The lowest BCUT2D eigenvalue weighted by Gasteiger charge is -2.15. The van der Waals surface area contributed by atoms with Crippen molar-refractivity contribution in [3.8, 4) is 5.69 Å². The van der Waals surface area contributed by atoms with Gasteiger partial charge < -0.3 is 5.32 Å². The number of rotatable bonds is 3. The first-order valence-electron chi connectivity index (χ1n) is 7.93. The van der Waals surface area contributed by atoms with Gasteiger partial charge in [-0.2, -0.15) is 0 Å². The Labute approximate surface area is 147 Å². The molecule has 1 N–H and O–H groups in total. The van der Waals surface area contributed by atoms with E-state index in [9.17, 15) is 13.6 Å². The molecule has 4 rings (SSSR count). The van der Waals surface area contributed by atoms with Gasteiger partial charge in [0.2, 0.25) is 5.95 Å². The van der Waals surface area contributed by atoms with Gasteiger partial charge in [-0.15, -0.1) is 0 Å². The van der Waals surface area contributed by atoms with Crippen LogP contribution < -0.4 is 10.9 Å². The van der Waals surface area contributed by atoms with E-state index in [-0.39, 0.29) is 16.9 Å². The van der Waals surface area contributed by atoms with Crippen LogP contribution in [0.4, 0.5) is 20.4 Å². The number of nitrogens with one attached hydrogen (secondary N) is 1. The molecule has 0 spiro atoms. The van der Waals surface area contributed by atoms with Crippen molar-refractivity contribution in [2.75, 3.05) is 5.32 Å². The van der Waals surface area contributed by atoms with E-state index in [0.717, 1.165) is 6.07 Å². The fraction of sp³-hybridized carbons (Fsp3) is 0. The summed E-state index contributed by atoms with van der Waals surface area (Å²) in [6, 6.07) is 19.6. The first-order valence-corrected chi connectivity index (χ1v) is 7.93. The van der Waals surface area contributed by atoms with E-state index < -0.39 is 17.2 Å². The fourth-order valence-electron chi connectivity index (χ4n) is 2.77. The summed E-state index contributed by atoms with van der Waals surface area (Å²) in [6.45, 7) is 0. The SMILES string of the molecule is O=c1c2cc(F)cc(F)c2nc(Nc2ccccc2)n1-c1ccccc1. The zero-order valence-electron chi connectivity index (χ0n) is 13.5. The van der Waals surface area contributed by atoms with Gasteiger partial charge >= 0.3 is 0 Å². The van der Waals surface area contributed by atoms with Crippen molar-refractivity contribution in [1.82, 2.24) is 9.55 Å². The summed E-state index contributed by atoms with van der Waals surface area (Å²) in [5, 5.41) is 2.92. The first-order chi connectivity index (χ1) is 12.6. The van der Waals surface area contributed by atoms with E-state index in [2.05, 4.69) is 10.3 Å². The molecule has 1 heterocycles. The van der Waals surface area contributed by atoms with Gasteiger partial charge in [-0.3, -0.25) is 4.79 Å². The van der Waals surface area contributed by atoms with Crippen LogP contribution in [0.1, 0.15) is 0 Å². The fourth-order valence-corrected chi connectivity index (χ4v) is 2.77. The molecular weight excluding hydrogens is 336 g/mol. The summed E-state index contributed by atoms with van der Waals surface area (Å²) in [4.78, 5) is 17.3. The third-order valence-electron chi connectivity index (χ3n) is 3.94. The molecule has 4 nitrogen and oxygen atoms in total. The Balaban J connectivity index is 2.03. The molecule has 0 radical (unpaired) electrons. The maximum atomic E-state index is 14.2. The quantitative estimate of drug-likeness (QED) is 0.596. The molecule has 0 amide bonds. The van der Waals surface area contributed by atoms with Gasteiger partial charge in [0.15, 0.2) is 5.82 Å². The minimum atomic E-state index is -0.881. The Hall–Kier alpha value is -3.54. The summed E-state index contributed by atoms with van der Waals surface area (Å²) < 4.78 is 29.1. The average Bonchev–Trinajstić information content (AvgIpc) is 2.65. The van der Waals surface area contributed by atoms with Crippen LogP contribution in [-0.2, 0) is 0 Å². The molecule has 0 saturated heterocycles. The summed E-state index contributed by atoms with van der Waals surface area (Å²) in [7, 11) is 0. The van der Waals surface area contributed by atoms with Gasteiger partial charge in [0, 0.05) is 11.8 Å². The van der Waals surface area contributed by atoms with Crippen molar-refractivity contribution in [2.24, 2.45) is 0 Å². The average molecular weight is 349 g/mol. The highest BCUT2D eigenvalue weighted by molar-refractivity contribution is 5.80. The van der Waals surface area contributed by atoms with E-state index >= 15 is 0 Å². The number of hydrogen-bond acceptors (Lipinski definition) is 3. The topological polar surface area (TPSA) is 46.9 Å². The predicted octanol–water partition coefficient (Wildman–Crippen LogP) is 4.41. The molecular formula is C20H13F2N3O. The van der Waals surface area contributed by atoms with Crippen LogP contribution in [0.2, 0.25) is 0 Å². The second-order valence-electron chi connectivity index (χ2n) is 5.69. The third kappa shape index (κ3) is 2.82. The molecule has 0 aliphatic heterocycles. The Morgan fingerprint density at radius 3 is 2.23 bits per heavy atom. The van der Waals surface area contributed by atoms with E-state index in [1.54, 1.807) is 36.4 Å². The number of aromatic nitrogens is 2. The molecule has 0 aliphatic carbocycles. The Kier molecular flexibility index (Phi) is 3.93. The Morgan fingerprint density at radius 2 is 1.54 bits per heavy atom. The van der Waals surface area contributed by atoms with Crippen LogP contribution in [0.25, 0.3) is 16.6 Å². The summed E-state index contributed by atoms with van der Waals surface area (Å²) in [5.74, 6) is -1.56. The largest absolute Gasteiger partial charge is 0.325 e. The lowest BCUT2D eigenvalue weighted by molar-refractivity contribution is 0.589. The minimum Gasteiger partial charge on any atom is -0.325 e. The van der Waals surface area contributed by atoms with Crippen LogP contribution in [0.5, 0.6) is 0 Å². The van der Waals surface area contributed by atoms with Crippen LogP contribution in [-0.4, -0.2) is 9.55 Å². The van der Waals surface area contributed by atoms with Gasteiger partial charge in [0.1, 0.15) is 11.3 Å². The first kappa shape index (κ1) is 16.0. The van der Waals surface area contributed by atoms with Crippen LogP contribution in [0.3, 0.4) is 0 Å². The van der Waals surface area contributed by atoms with Crippen molar-refractivity contribution in [3.05, 3.63) is 94.8 Å². The van der Waals surface area contributed by atoms with Gasteiger partial charge in [0.05, 0.1) is 11.1 Å². The second-order valence-corrected chi connectivity index (χ2v) is 5.69. The Morgan fingerprint density at radius 1 is 0.885 bits per heavy atom. The lowest BCUT2D eigenvalue weighted by Crippen LogP contribution is -2.23. The molecule has 6 heteroatoms. The normalized spacial score (nSPS) is 10.8. The van der Waals surface area contributed by atoms with Gasteiger partial charge in [0.25, 0.3) is 5.56 Å². The van der Waals surface area contributed by atoms with Crippen molar-refractivity contribution in [3.63, 3.8) is 0 Å². The zero-order valence-corrected chi connectivity index (χ0v) is 13.5. The molecule has 1 aromatic heterocycles. The minimum absolute atomic E-state index is 0.120. The summed E-state index contributed by atoms with van der Waals surface area (Å²) in [6.07, 6.45) is 0. The van der Waals surface area contributed by atoms with Crippen LogP contribution in [0, 0.1) is 11.6 Å². The number of fused-ring (bicyclic) bond motifs is 1. The van der Waals surface area contributed by atoms with Gasteiger partial charge in [-0.05, 0) is 30.3 Å². The second kappa shape index (κ2) is 6.40. The molecule has 0 fully saturated rings. The number of nitrogens with zero attached hydrogens (tertiary/aromatic N) is 2. The van der Waals surface area contributed by atoms with Crippen molar-refractivity contribution in [1.29, 1.82) is 0 Å². The smallest absolute Gasteiger partial charge is 0.267 e. The van der Waals surface area contributed by atoms with Crippen molar-refractivity contribution >= 4 is 22.5 Å². The molecule has 0 unspecified atom stereocenters. The van der Waals surface area contributed by atoms with E-state index in [4.69, 9.17) is 0 Å². The molecule has 26 heavy (non-hydrogen) atoms. The van der Waals surface area contributed by atoms with E-state index in [1.165, 1.54) is 4.57 Å². The highest BCUT2D eigenvalue weighted by Gasteiger charge is 2.16. The molecule has 0 bridgehead atoms. The van der Waals surface area contributed by atoms with Crippen LogP contribution in [0.15, 0.2) is 77.6 Å². The van der Waals surface area contributed by atoms with Gasteiger partial charge in [-0.1, -0.05) is 36.4 Å². The monoisotopic (exact) mass is 349 g/mol.